The van der Waals surface area contributed by atoms with Crippen LogP contribution in [0.3, 0.4) is 0 Å². The fourth-order valence-corrected chi connectivity index (χ4v) is 4.46. The molecule has 14 heteroatoms. The van der Waals surface area contributed by atoms with E-state index in [1.807, 2.05) is 0 Å². The number of ether oxygens (including phenoxy) is 4. The predicted molar refractivity (Wildman–Crippen MR) is 188 cm³/mol. The number of ketones is 2. The molecular formula is C38H50F2N2O10. The summed E-state index contributed by atoms with van der Waals surface area (Å²) in [6.45, 7) is 12.3. The molecule has 2 amide bonds. The van der Waals surface area contributed by atoms with Crippen LogP contribution in [0, 0.1) is 10.8 Å². The third kappa shape index (κ3) is 13.3. The molecule has 0 bridgehead atoms. The highest BCUT2D eigenvalue weighted by atomic mass is 19.1. The highest BCUT2D eigenvalue weighted by molar-refractivity contribution is 6.00. The molecule has 2 aromatic carbocycles. The number of carbonyl (C=O) groups excluding carboxylic acids is 6. The lowest BCUT2D eigenvalue weighted by atomic mass is 9.86. The van der Waals surface area contributed by atoms with Gasteiger partial charge in [0.2, 0.25) is 0 Å². The van der Waals surface area contributed by atoms with Crippen LogP contribution in [-0.2, 0) is 28.5 Å². The number of esters is 2. The standard InChI is InChI=1S/C38H50F2N2O10/c1-35(2,3)51-33(47)41-29(37(7,8)21-39)31(45)49-19-27(43)25-15-11-23(12-16-25)24-13-17-26(18-14-24)28(44)20-50-32(46)30(38(9,10)22-40)42-34(48)52-36(4,5)6/h11-18,29-30H,19-22H2,1-10H3,(H,41,47)(H,42,48). The maximum Gasteiger partial charge on any atom is 0.408 e. The van der Waals surface area contributed by atoms with Gasteiger partial charge in [-0.1, -0.05) is 76.2 Å². The number of benzene rings is 2. The van der Waals surface area contributed by atoms with Crippen LogP contribution in [-0.4, -0.2) is 85.5 Å². The summed E-state index contributed by atoms with van der Waals surface area (Å²) >= 11 is 0. The number of halogens is 2. The lowest BCUT2D eigenvalue weighted by Crippen LogP contribution is -2.53. The lowest BCUT2D eigenvalue weighted by Gasteiger charge is -2.31. The number of Topliss-reactive ketones (excluding diaryl/α,β-unsaturated/α-hetero) is 2. The number of nitrogens with one attached hydrogen (secondary N) is 2. The molecule has 0 aliphatic heterocycles. The Balaban J connectivity index is 2.03. The summed E-state index contributed by atoms with van der Waals surface area (Å²) in [4.78, 5) is 75.9. The molecule has 2 unspecified atom stereocenters. The summed E-state index contributed by atoms with van der Waals surface area (Å²) < 4.78 is 48.2. The average Bonchev–Trinajstić information content (AvgIpc) is 3.05. The minimum absolute atomic E-state index is 0.224. The fourth-order valence-electron chi connectivity index (χ4n) is 4.46. The van der Waals surface area contributed by atoms with Crippen molar-refractivity contribution in [2.45, 2.75) is 92.5 Å². The van der Waals surface area contributed by atoms with Gasteiger partial charge in [0.1, 0.15) is 23.3 Å². The van der Waals surface area contributed by atoms with E-state index >= 15 is 0 Å². The van der Waals surface area contributed by atoms with Crippen molar-refractivity contribution in [2.75, 3.05) is 26.6 Å². The summed E-state index contributed by atoms with van der Waals surface area (Å²) in [5.41, 5.74) is -2.59. The first-order chi connectivity index (χ1) is 23.9. The van der Waals surface area contributed by atoms with Gasteiger partial charge in [-0.05, 0) is 52.7 Å². The summed E-state index contributed by atoms with van der Waals surface area (Å²) in [6.07, 6.45) is -1.87. The van der Waals surface area contributed by atoms with E-state index in [-0.39, 0.29) is 11.1 Å². The van der Waals surface area contributed by atoms with Crippen molar-refractivity contribution in [1.29, 1.82) is 0 Å². The summed E-state index contributed by atoms with van der Waals surface area (Å²) in [7, 11) is 0. The van der Waals surface area contributed by atoms with E-state index in [2.05, 4.69) is 10.6 Å². The Hall–Kier alpha value is -4.88. The summed E-state index contributed by atoms with van der Waals surface area (Å²) in [5.74, 6) is -3.07. The number of amides is 2. The van der Waals surface area contributed by atoms with E-state index in [9.17, 15) is 37.5 Å². The Kier molecular flexibility index (Phi) is 14.6. The molecule has 0 aliphatic carbocycles. The van der Waals surface area contributed by atoms with Crippen LogP contribution in [0.15, 0.2) is 48.5 Å². The second kappa shape index (κ2) is 17.6. The molecule has 0 saturated carbocycles. The van der Waals surface area contributed by atoms with Gasteiger partial charge < -0.3 is 29.6 Å². The van der Waals surface area contributed by atoms with Crippen LogP contribution in [0.4, 0.5) is 18.4 Å². The van der Waals surface area contributed by atoms with Gasteiger partial charge in [-0.25, -0.2) is 19.2 Å². The maximum absolute atomic E-state index is 13.8. The van der Waals surface area contributed by atoms with Gasteiger partial charge in [0.05, 0.1) is 13.3 Å². The molecule has 0 fully saturated rings. The van der Waals surface area contributed by atoms with Gasteiger partial charge in [-0.2, -0.15) is 0 Å². The number of rotatable bonds is 15. The third-order valence-corrected chi connectivity index (χ3v) is 7.48. The summed E-state index contributed by atoms with van der Waals surface area (Å²) in [5, 5.41) is 4.68. The molecule has 2 atom stereocenters. The smallest absolute Gasteiger partial charge is 0.408 e. The van der Waals surface area contributed by atoms with E-state index in [0.717, 1.165) is 0 Å². The zero-order valence-electron chi connectivity index (χ0n) is 31.4. The first-order valence-electron chi connectivity index (χ1n) is 16.6. The van der Waals surface area contributed by atoms with Crippen molar-refractivity contribution in [2.24, 2.45) is 10.8 Å². The minimum Gasteiger partial charge on any atom is -0.456 e. The Bertz CT molecular complexity index is 1470. The Labute approximate surface area is 303 Å². The molecule has 0 heterocycles. The third-order valence-electron chi connectivity index (χ3n) is 7.48. The highest BCUT2D eigenvalue weighted by Crippen LogP contribution is 2.25. The molecule has 0 radical (unpaired) electrons. The fraction of sp³-hybridized carbons (Fsp3) is 0.526. The van der Waals surface area contributed by atoms with Crippen LogP contribution in [0.1, 0.15) is 90.0 Å². The van der Waals surface area contributed by atoms with Gasteiger partial charge in [-0.15, -0.1) is 0 Å². The normalized spacial score (nSPS) is 13.2. The van der Waals surface area contributed by atoms with Crippen LogP contribution >= 0.6 is 0 Å². The highest BCUT2D eigenvalue weighted by Gasteiger charge is 2.40. The van der Waals surface area contributed by atoms with Gasteiger partial charge in [0.15, 0.2) is 24.8 Å². The zero-order valence-corrected chi connectivity index (χ0v) is 31.4. The maximum atomic E-state index is 13.8. The molecule has 0 saturated heterocycles. The van der Waals surface area contributed by atoms with Gasteiger partial charge in [0.25, 0.3) is 0 Å². The van der Waals surface area contributed by atoms with Gasteiger partial charge >= 0.3 is 24.1 Å². The SMILES string of the molecule is CC(C)(C)OC(=O)NC(C(=O)OCC(=O)c1ccc(-c2ccc(C(=O)COC(=O)C(NC(=O)OC(C)(C)C)C(C)(C)CF)cc2)cc1)C(C)(C)CF. The van der Waals surface area contributed by atoms with E-state index in [1.165, 1.54) is 52.0 Å². The Morgan fingerprint density at radius 3 is 1.08 bits per heavy atom. The molecule has 2 rings (SSSR count). The summed E-state index contributed by atoms with van der Waals surface area (Å²) in [6, 6.07) is 9.84. The van der Waals surface area contributed by atoms with E-state index < -0.39 is 96.4 Å². The Morgan fingerprint density at radius 1 is 0.538 bits per heavy atom. The predicted octanol–water partition coefficient (Wildman–Crippen LogP) is 6.58. The van der Waals surface area contributed by atoms with Crippen LogP contribution < -0.4 is 10.6 Å². The number of alkyl carbamates (subject to hydrolysis) is 2. The second-order valence-electron chi connectivity index (χ2n) is 15.6. The number of hydrogen-bond acceptors (Lipinski definition) is 10. The molecule has 2 aromatic rings. The van der Waals surface area contributed by atoms with Crippen molar-refractivity contribution in [3.8, 4) is 11.1 Å². The molecule has 2 N–H and O–H groups in total. The molecule has 52 heavy (non-hydrogen) atoms. The quantitative estimate of drug-likeness (QED) is 0.116. The largest absolute Gasteiger partial charge is 0.456 e. The molecular weight excluding hydrogens is 682 g/mol. The molecule has 286 valence electrons. The van der Waals surface area contributed by atoms with E-state index in [0.29, 0.717) is 11.1 Å². The Morgan fingerprint density at radius 2 is 0.827 bits per heavy atom. The van der Waals surface area contributed by atoms with Crippen molar-refractivity contribution in [3.63, 3.8) is 0 Å². The zero-order chi connectivity index (χ0) is 39.7. The number of carbonyl (C=O) groups is 6. The molecule has 12 nitrogen and oxygen atoms in total. The number of alkyl halides is 2. The molecule has 0 aromatic heterocycles. The van der Waals surface area contributed by atoms with Gasteiger partial charge in [0, 0.05) is 22.0 Å². The average molecular weight is 733 g/mol. The van der Waals surface area contributed by atoms with Crippen molar-refractivity contribution in [1.82, 2.24) is 10.6 Å². The second-order valence-corrected chi connectivity index (χ2v) is 15.6. The van der Waals surface area contributed by atoms with Crippen LogP contribution in [0.25, 0.3) is 11.1 Å². The van der Waals surface area contributed by atoms with Crippen molar-refractivity contribution in [3.05, 3.63) is 59.7 Å². The number of hydrogen-bond donors (Lipinski definition) is 2. The van der Waals surface area contributed by atoms with Crippen molar-refractivity contribution < 1.29 is 56.5 Å². The van der Waals surface area contributed by atoms with E-state index in [1.54, 1.807) is 65.8 Å². The monoisotopic (exact) mass is 732 g/mol. The van der Waals surface area contributed by atoms with E-state index in [4.69, 9.17) is 18.9 Å². The lowest BCUT2D eigenvalue weighted by molar-refractivity contribution is -0.149. The molecule has 0 spiro atoms. The minimum atomic E-state index is -1.42. The van der Waals surface area contributed by atoms with Crippen LogP contribution in [0.5, 0.6) is 0 Å². The topological polar surface area (TPSA) is 163 Å². The molecule has 0 aliphatic rings. The first-order valence-corrected chi connectivity index (χ1v) is 16.6. The first kappa shape index (κ1) is 43.3. The van der Waals surface area contributed by atoms with Crippen LogP contribution in [0.2, 0.25) is 0 Å². The van der Waals surface area contributed by atoms with Crippen molar-refractivity contribution >= 4 is 35.7 Å². The van der Waals surface area contributed by atoms with Gasteiger partial charge in [-0.3, -0.25) is 18.4 Å².